The summed E-state index contributed by atoms with van der Waals surface area (Å²) in [6.07, 6.45) is 15.5. The van der Waals surface area contributed by atoms with Crippen LogP contribution in [-0.4, -0.2) is 36.0 Å². The van der Waals surface area contributed by atoms with Gasteiger partial charge in [-0.1, -0.05) is 37.5 Å². The van der Waals surface area contributed by atoms with Gasteiger partial charge in [0.2, 0.25) is 5.91 Å². The Bertz CT molecular complexity index is 1820. The molecule has 1 saturated carbocycles. The van der Waals surface area contributed by atoms with Gasteiger partial charge in [0.1, 0.15) is 5.69 Å². The van der Waals surface area contributed by atoms with Gasteiger partial charge in [0.25, 0.3) is 0 Å². The van der Waals surface area contributed by atoms with Crippen LogP contribution in [0, 0.1) is 5.92 Å². The van der Waals surface area contributed by atoms with Crippen LogP contribution in [0.5, 0.6) is 0 Å². The third-order valence-corrected chi connectivity index (χ3v) is 7.86. The van der Waals surface area contributed by atoms with Crippen molar-refractivity contribution in [1.82, 2.24) is 30.1 Å². The van der Waals surface area contributed by atoms with Crippen molar-refractivity contribution in [3.63, 3.8) is 0 Å². The number of hydrogen-bond acceptors (Lipinski definition) is 5. The van der Waals surface area contributed by atoms with Gasteiger partial charge in [0.05, 0.1) is 35.0 Å². The molecule has 8 heteroatoms. The number of nitrogens with zero attached hydrogens (tertiary/aromatic N) is 4. The summed E-state index contributed by atoms with van der Waals surface area (Å²) in [5, 5.41) is 12.8. The molecule has 0 radical (unpaired) electrons. The van der Waals surface area contributed by atoms with Gasteiger partial charge in [-0.25, -0.2) is 0 Å². The van der Waals surface area contributed by atoms with Gasteiger partial charge >= 0.3 is 0 Å². The number of hydrogen-bond donors (Lipinski definition) is 3. The Morgan fingerprint density at radius 1 is 0.875 bits per heavy atom. The van der Waals surface area contributed by atoms with E-state index in [-0.39, 0.29) is 5.91 Å². The molecule has 198 valence electrons. The van der Waals surface area contributed by atoms with E-state index in [4.69, 9.17) is 0 Å². The summed E-state index contributed by atoms with van der Waals surface area (Å²) >= 11 is 0. The molecule has 8 nitrogen and oxygen atoms in total. The number of nitrogens with one attached hydrogen (secondary N) is 3. The quantitative estimate of drug-likeness (QED) is 0.213. The minimum absolute atomic E-state index is 0.0517. The van der Waals surface area contributed by atoms with Crippen molar-refractivity contribution in [2.45, 2.75) is 38.5 Å². The van der Waals surface area contributed by atoms with Gasteiger partial charge in [0.15, 0.2) is 0 Å². The minimum atomic E-state index is 0.0517. The maximum atomic E-state index is 12.7. The number of carbonyl (C=O) groups excluding carboxylic acids is 1. The lowest BCUT2D eigenvalue weighted by molar-refractivity contribution is -0.117. The van der Waals surface area contributed by atoms with Gasteiger partial charge in [-0.3, -0.25) is 24.8 Å². The molecule has 0 saturated heterocycles. The summed E-state index contributed by atoms with van der Waals surface area (Å²) in [5.74, 6) is 0.536. The molecule has 1 fully saturated rings. The zero-order chi connectivity index (χ0) is 26.9. The summed E-state index contributed by atoms with van der Waals surface area (Å²) in [4.78, 5) is 29.6. The van der Waals surface area contributed by atoms with Gasteiger partial charge in [-0.2, -0.15) is 5.10 Å². The number of amides is 1. The first-order valence-corrected chi connectivity index (χ1v) is 13.8. The fraction of sp³-hybridized carbons (Fsp3) is 0.219. The van der Waals surface area contributed by atoms with Crippen molar-refractivity contribution >= 4 is 33.4 Å². The number of fused-ring (bicyclic) bond motifs is 2. The van der Waals surface area contributed by atoms with Crippen LogP contribution in [0.25, 0.3) is 55.6 Å². The maximum Gasteiger partial charge on any atom is 0.224 e. The van der Waals surface area contributed by atoms with Gasteiger partial charge in [-0.05, 0) is 54.7 Å². The number of aromatic nitrogens is 6. The van der Waals surface area contributed by atoms with E-state index in [0.717, 1.165) is 68.4 Å². The molecule has 3 N–H and O–H groups in total. The summed E-state index contributed by atoms with van der Waals surface area (Å²) in [5.41, 5.74) is 8.06. The van der Waals surface area contributed by atoms with Crippen molar-refractivity contribution in [2.75, 3.05) is 5.32 Å². The molecule has 0 bridgehead atoms. The molecule has 1 amide bonds. The van der Waals surface area contributed by atoms with Crippen LogP contribution in [0.4, 0.5) is 5.69 Å². The summed E-state index contributed by atoms with van der Waals surface area (Å²) in [6, 6.07) is 16.3. The van der Waals surface area contributed by atoms with Crippen molar-refractivity contribution in [1.29, 1.82) is 0 Å². The van der Waals surface area contributed by atoms with Crippen LogP contribution in [0.1, 0.15) is 38.5 Å². The number of carbonyl (C=O) groups is 1. The van der Waals surface area contributed by atoms with E-state index < -0.39 is 0 Å². The molecule has 1 aliphatic carbocycles. The zero-order valence-corrected chi connectivity index (χ0v) is 22.0. The highest BCUT2D eigenvalue weighted by molar-refractivity contribution is 6.01. The van der Waals surface area contributed by atoms with E-state index in [2.05, 4.69) is 59.7 Å². The van der Waals surface area contributed by atoms with Crippen molar-refractivity contribution in [3.8, 4) is 33.8 Å². The van der Waals surface area contributed by atoms with E-state index >= 15 is 0 Å². The normalized spacial score (nSPS) is 14.1. The Kier molecular flexibility index (Phi) is 6.28. The van der Waals surface area contributed by atoms with Gasteiger partial charge in [0, 0.05) is 52.4 Å². The lowest BCUT2D eigenvalue weighted by atomic mass is 9.87. The second kappa shape index (κ2) is 10.4. The number of anilines is 1. The summed E-state index contributed by atoms with van der Waals surface area (Å²) < 4.78 is 0. The molecule has 0 atom stereocenters. The highest BCUT2D eigenvalue weighted by atomic mass is 16.1. The summed E-state index contributed by atoms with van der Waals surface area (Å²) in [6.45, 7) is 0. The SMILES string of the molecule is O=C(CC1CCCCC1)Nc1cncc(-c2cc3c(-c4cc5c(-c6cccnc6)cccc5[nH]4)n[nH]c3cn2)c1. The average Bonchev–Trinajstić information content (AvgIpc) is 3.62. The monoisotopic (exact) mass is 527 g/mol. The highest BCUT2D eigenvalue weighted by Crippen LogP contribution is 2.35. The van der Waals surface area contributed by atoms with Crippen LogP contribution in [0.15, 0.2) is 79.5 Å². The molecule has 7 rings (SSSR count). The van der Waals surface area contributed by atoms with E-state index in [1.54, 1.807) is 24.8 Å². The molecular formula is C32H29N7O. The van der Waals surface area contributed by atoms with E-state index in [1.165, 1.54) is 19.3 Å². The first-order chi connectivity index (χ1) is 19.7. The summed E-state index contributed by atoms with van der Waals surface area (Å²) in [7, 11) is 0. The highest BCUT2D eigenvalue weighted by Gasteiger charge is 2.18. The van der Waals surface area contributed by atoms with Crippen molar-refractivity contribution in [2.24, 2.45) is 5.92 Å². The molecule has 1 aromatic carbocycles. The number of pyridine rings is 3. The first-order valence-electron chi connectivity index (χ1n) is 13.8. The Hall–Kier alpha value is -4.85. The predicted molar refractivity (Wildman–Crippen MR) is 157 cm³/mol. The second-order valence-electron chi connectivity index (χ2n) is 10.6. The Balaban J connectivity index is 1.19. The lowest BCUT2D eigenvalue weighted by Crippen LogP contribution is -2.18. The lowest BCUT2D eigenvalue weighted by Gasteiger charge is -2.20. The van der Waals surface area contributed by atoms with Crippen LogP contribution < -0.4 is 5.32 Å². The fourth-order valence-corrected chi connectivity index (χ4v) is 5.85. The van der Waals surface area contributed by atoms with Crippen LogP contribution in [0.2, 0.25) is 0 Å². The second-order valence-corrected chi connectivity index (χ2v) is 10.6. The van der Waals surface area contributed by atoms with E-state index in [0.29, 0.717) is 18.0 Å². The zero-order valence-electron chi connectivity index (χ0n) is 22.0. The van der Waals surface area contributed by atoms with Crippen LogP contribution >= 0.6 is 0 Å². The number of rotatable bonds is 6. The van der Waals surface area contributed by atoms with E-state index in [1.807, 2.05) is 30.5 Å². The third-order valence-electron chi connectivity index (χ3n) is 7.86. The number of H-pyrrole nitrogens is 2. The fourth-order valence-electron chi connectivity index (χ4n) is 5.85. The Morgan fingerprint density at radius 2 is 1.77 bits per heavy atom. The largest absolute Gasteiger partial charge is 0.353 e. The van der Waals surface area contributed by atoms with Crippen LogP contribution in [-0.2, 0) is 4.79 Å². The standard InChI is InChI=1S/C32H29N7O/c40-31(12-20-6-2-1-3-7-20)36-23-13-22(17-34-18-23)28-15-26-30(19-35-28)38-39-32(26)29-14-25-24(9-4-10-27(25)37-29)21-8-5-11-33-16-21/h4-5,8-11,13-20,37H,1-3,6-7,12H2,(H,36,40)(H,38,39). The molecule has 1 aliphatic rings. The molecule has 0 spiro atoms. The molecule has 5 aromatic heterocycles. The van der Waals surface area contributed by atoms with Crippen molar-refractivity contribution < 1.29 is 4.79 Å². The predicted octanol–water partition coefficient (Wildman–Crippen LogP) is 7.14. The molecule has 0 unspecified atom stereocenters. The third kappa shape index (κ3) is 4.73. The first kappa shape index (κ1) is 24.2. The van der Waals surface area contributed by atoms with Gasteiger partial charge < -0.3 is 10.3 Å². The maximum absolute atomic E-state index is 12.7. The van der Waals surface area contributed by atoms with Crippen molar-refractivity contribution in [3.05, 3.63) is 79.5 Å². The molecule has 5 heterocycles. The topological polar surface area (TPSA) is 112 Å². The van der Waals surface area contributed by atoms with Gasteiger partial charge in [-0.15, -0.1) is 0 Å². The number of aromatic amines is 2. The minimum Gasteiger partial charge on any atom is -0.353 e. The van der Waals surface area contributed by atoms with Crippen LogP contribution in [0.3, 0.4) is 0 Å². The average molecular weight is 528 g/mol. The number of benzene rings is 1. The van der Waals surface area contributed by atoms with E-state index in [9.17, 15) is 4.79 Å². The molecule has 6 aromatic rings. The Morgan fingerprint density at radius 3 is 2.65 bits per heavy atom. The molecule has 0 aliphatic heterocycles. The molecular weight excluding hydrogens is 498 g/mol. The Labute approximate surface area is 231 Å². The smallest absolute Gasteiger partial charge is 0.224 e. The molecule has 40 heavy (non-hydrogen) atoms.